The van der Waals surface area contributed by atoms with E-state index in [1.165, 1.54) is 33.4 Å². The fraction of sp³-hybridized carbons (Fsp3) is 0.200. The quantitative estimate of drug-likeness (QED) is 0.271. The van der Waals surface area contributed by atoms with Gasteiger partial charge in [0.15, 0.2) is 0 Å². The Morgan fingerprint density at radius 3 is 0.677 bits per heavy atom. The van der Waals surface area contributed by atoms with Crippen LogP contribution in [0.4, 0.5) is 0 Å². The second kappa shape index (κ2) is 17.6. The second-order valence-electron chi connectivity index (χ2n) is 5.90. The predicted octanol–water partition coefficient (Wildman–Crippen LogP) is 9.76. The van der Waals surface area contributed by atoms with Gasteiger partial charge < -0.3 is 0 Å². The van der Waals surface area contributed by atoms with E-state index in [0.717, 1.165) is 0 Å². The second-order valence-corrected chi connectivity index (χ2v) is 5.90. The summed E-state index contributed by atoms with van der Waals surface area (Å²) in [6, 6.07) is 38.5. The van der Waals surface area contributed by atoms with Crippen LogP contribution in [0.2, 0.25) is 0 Å². The van der Waals surface area contributed by atoms with Gasteiger partial charge in [-0.1, -0.05) is 133 Å². The van der Waals surface area contributed by atoms with Crippen LogP contribution >= 0.6 is 0 Å². The Morgan fingerprint density at radius 1 is 0.290 bits per heavy atom. The van der Waals surface area contributed by atoms with Crippen LogP contribution < -0.4 is 0 Å². The summed E-state index contributed by atoms with van der Waals surface area (Å²) in [5.74, 6) is 0. The number of rotatable bonds is 3. The zero-order valence-electron chi connectivity index (χ0n) is 20.0. The molecule has 0 atom stereocenters. The average molecular weight is 486 g/mol. The third kappa shape index (κ3) is 8.94. The van der Waals surface area contributed by atoms with Crippen molar-refractivity contribution in [3.05, 3.63) is 109 Å². The molecule has 0 saturated heterocycles. The van der Waals surface area contributed by atoms with Gasteiger partial charge >= 0.3 is 0 Å². The Labute approximate surface area is 215 Å². The van der Waals surface area contributed by atoms with Gasteiger partial charge in [-0.2, -0.15) is 0 Å². The Morgan fingerprint density at radius 2 is 0.484 bits per heavy atom. The van der Waals surface area contributed by atoms with Gasteiger partial charge in [0.05, 0.1) is 0 Å². The molecule has 31 heavy (non-hydrogen) atoms. The Hall–Kier alpha value is -2.02. The van der Waals surface area contributed by atoms with Crippen molar-refractivity contribution in [3.8, 4) is 33.4 Å². The number of hydrogen-bond acceptors (Lipinski definition) is 0. The molecule has 4 rings (SSSR count). The van der Waals surface area contributed by atoms with E-state index in [-0.39, 0.29) is 32.7 Å². The topological polar surface area (TPSA) is 0 Å². The smallest absolute Gasteiger partial charge is 0 e. The van der Waals surface area contributed by atoms with Gasteiger partial charge in [-0.3, -0.25) is 0 Å². The van der Waals surface area contributed by atoms with Crippen molar-refractivity contribution in [1.29, 1.82) is 0 Å². The molecule has 0 spiro atoms. The summed E-state index contributed by atoms with van der Waals surface area (Å²) in [6.07, 6.45) is 0. The van der Waals surface area contributed by atoms with E-state index >= 15 is 0 Å². The van der Waals surface area contributed by atoms with E-state index in [1.807, 2.05) is 41.5 Å². The minimum atomic E-state index is 0. The number of benzene rings is 4. The molecular formula is C30H36Y. The van der Waals surface area contributed by atoms with Gasteiger partial charge in [0.25, 0.3) is 0 Å². The summed E-state index contributed by atoms with van der Waals surface area (Å²) in [5, 5.41) is 0. The van der Waals surface area contributed by atoms with E-state index in [4.69, 9.17) is 0 Å². The summed E-state index contributed by atoms with van der Waals surface area (Å²) < 4.78 is 0. The first-order valence-corrected chi connectivity index (χ1v) is 11.2. The predicted molar refractivity (Wildman–Crippen MR) is 137 cm³/mol. The molecule has 0 amide bonds. The molecule has 4 aromatic carbocycles. The minimum Gasteiger partial charge on any atom is -0.0683 e. The van der Waals surface area contributed by atoms with Crippen LogP contribution in [-0.2, 0) is 32.7 Å². The molecule has 0 aromatic heterocycles. The fourth-order valence-electron chi connectivity index (χ4n) is 3.02. The van der Waals surface area contributed by atoms with Gasteiger partial charge in [-0.05, 0) is 51.6 Å². The van der Waals surface area contributed by atoms with Gasteiger partial charge in [0.1, 0.15) is 0 Å². The van der Waals surface area contributed by atoms with E-state index in [1.54, 1.807) is 0 Å². The van der Waals surface area contributed by atoms with Crippen molar-refractivity contribution in [2.75, 3.05) is 0 Å². The third-order valence-electron chi connectivity index (χ3n) is 4.25. The van der Waals surface area contributed by atoms with E-state index in [2.05, 4.69) is 109 Å². The molecule has 0 aliphatic carbocycles. The molecule has 159 valence electrons. The molecule has 0 N–H and O–H groups in total. The van der Waals surface area contributed by atoms with Crippen LogP contribution in [-0.4, -0.2) is 0 Å². The molecule has 0 aliphatic heterocycles. The van der Waals surface area contributed by atoms with Crippen LogP contribution in [0.25, 0.3) is 33.4 Å². The normalized spacial score (nSPS) is 8.71. The fourth-order valence-corrected chi connectivity index (χ4v) is 3.02. The van der Waals surface area contributed by atoms with E-state index in [9.17, 15) is 0 Å². The van der Waals surface area contributed by atoms with Gasteiger partial charge in [-0.15, -0.1) is 0 Å². The largest absolute Gasteiger partial charge is 0.0683 e. The maximum Gasteiger partial charge on any atom is 0 e. The van der Waals surface area contributed by atoms with Crippen molar-refractivity contribution < 1.29 is 32.7 Å². The summed E-state index contributed by atoms with van der Waals surface area (Å²) in [7, 11) is 0. The molecule has 0 bridgehead atoms. The van der Waals surface area contributed by atoms with Gasteiger partial charge in [0.2, 0.25) is 0 Å². The summed E-state index contributed by atoms with van der Waals surface area (Å²) in [6.45, 7) is 12.0. The summed E-state index contributed by atoms with van der Waals surface area (Å²) in [4.78, 5) is 0. The van der Waals surface area contributed by atoms with Crippen LogP contribution in [0, 0.1) is 0 Å². The molecule has 1 radical (unpaired) electrons. The van der Waals surface area contributed by atoms with E-state index in [0.29, 0.717) is 0 Å². The molecular weight excluding hydrogens is 449 g/mol. The average Bonchev–Trinajstić information content (AvgIpc) is 2.89. The molecule has 0 nitrogen and oxygen atoms in total. The maximum absolute atomic E-state index is 2.27. The molecule has 0 saturated carbocycles. The first-order chi connectivity index (χ1) is 14.9. The summed E-state index contributed by atoms with van der Waals surface area (Å²) >= 11 is 0. The van der Waals surface area contributed by atoms with Crippen molar-refractivity contribution in [2.24, 2.45) is 0 Å². The first-order valence-electron chi connectivity index (χ1n) is 11.2. The molecule has 0 unspecified atom stereocenters. The first kappa shape index (κ1) is 29.0. The Balaban J connectivity index is 0.00000119. The van der Waals surface area contributed by atoms with E-state index < -0.39 is 0 Å². The van der Waals surface area contributed by atoms with Crippen LogP contribution in [0.3, 0.4) is 0 Å². The van der Waals surface area contributed by atoms with Gasteiger partial charge in [-0.25, -0.2) is 0 Å². The Bertz CT molecular complexity index is 790. The molecule has 4 aromatic rings. The SMILES string of the molecule is CC.CC.CC.[Y].c1ccc(-c2cc(-c3ccccc3)cc(-c3ccccc3)c2)cc1. The zero-order valence-corrected chi connectivity index (χ0v) is 22.8. The molecule has 1 heteroatoms. The van der Waals surface area contributed by atoms with Crippen LogP contribution in [0.5, 0.6) is 0 Å². The monoisotopic (exact) mass is 485 g/mol. The zero-order chi connectivity index (χ0) is 22.2. The molecule has 0 heterocycles. The van der Waals surface area contributed by atoms with Crippen molar-refractivity contribution in [1.82, 2.24) is 0 Å². The number of hydrogen-bond donors (Lipinski definition) is 0. The summed E-state index contributed by atoms with van der Waals surface area (Å²) in [5.41, 5.74) is 7.47. The Kier molecular flexibility index (Phi) is 16.5. The van der Waals surface area contributed by atoms with Crippen molar-refractivity contribution in [3.63, 3.8) is 0 Å². The molecule has 0 fully saturated rings. The standard InChI is InChI=1S/C24H18.3C2H6.Y/c1-4-10-19(11-5-1)22-16-23(20-12-6-2-7-13-20)18-24(17-22)21-14-8-3-9-15-21;3*1-2;/h1-18H;3*1-2H3;. The third-order valence-corrected chi connectivity index (χ3v) is 4.25. The van der Waals surface area contributed by atoms with Crippen LogP contribution in [0.1, 0.15) is 41.5 Å². The van der Waals surface area contributed by atoms with Gasteiger partial charge in [0, 0.05) is 32.7 Å². The minimum absolute atomic E-state index is 0. The molecule has 0 aliphatic rings. The van der Waals surface area contributed by atoms with Crippen LogP contribution in [0.15, 0.2) is 109 Å². The van der Waals surface area contributed by atoms with Crippen molar-refractivity contribution in [2.45, 2.75) is 41.5 Å². The maximum atomic E-state index is 2.27. The van der Waals surface area contributed by atoms with Crippen molar-refractivity contribution >= 4 is 0 Å².